The smallest absolute Gasteiger partial charge is 0.264 e. The predicted molar refractivity (Wildman–Crippen MR) is 96.8 cm³/mol. The normalized spacial score (nSPS) is 23.1. The molecule has 2 N–H and O–H groups in total. The maximum absolute atomic E-state index is 12.3. The number of carbonyl (C=O) groups excluding carboxylic acids is 2. The molecule has 3 rings (SSSR count). The fourth-order valence-electron chi connectivity index (χ4n) is 2.98. The summed E-state index contributed by atoms with van der Waals surface area (Å²) in [6, 6.07) is 7.26. The molecule has 0 unspecified atom stereocenters. The Morgan fingerprint density at radius 1 is 1.31 bits per heavy atom. The molecule has 0 aliphatic carbocycles. The Morgan fingerprint density at radius 2 is 2.08 bits per heavy atom. The summed E-state index contributed by atoms with van der Waals surface area (Å²) in [6.07, 6.45) is 1.73. The van der Waals surface area contributed by atoms with Gasteiger partial charge in [0.25, 0.3) is 5.91 Å². The molecule has 7 heteroatoms. The summed E-state index contributed by atoms with van der Waals surface area (Å²) in [6.45, 7) is 4.88. The molecule has 0 bridgehead atoms. The number of aryl methyl sites for hydroxylation is 1. The summed E-state index contributed by atoms with van der Waals surface area (Å²) in [5.74, 6) is -0.567. The van der Waals surface area contributed by atoms with E-state index in [2.05, 4.69) is 15.8 Å². The maximum Gasteiger partial charge on any atom is 0.264 e. The molecule has 2 aliphatic heterocycles. The van der Waals surface area contributed by atoms with Crippen LogP contribution in [0.5, 0.6) is 0 Å². The standard InChI is InChI=1S/C19H25N3O4/c1-12-5-7-14(8-6-12)16-10-17(26-22-16)19(24)21-13(2)18(23)20-11-15-4-3-9-25-15/h5-8,13,15,17H,3-4,9-11H2,1-2H3,(H,20,23)(H,21,24)/t13-,15-,17+/m0/s1. The van der Waals surface area contributed by atoms with E-state index in [1.165, 1.54) is 0 Å². The Morgan fingerprint density at radius 3 is 2.77 bits per heavy atom. The van der Waals surface area contributed by atoms with Crippen molar-refractivity contribution >= 4 is 17.5 Å². The highest BCUT2D eigenvalue weighted by molar-refractivity contribution is 6.04. The van der Waals surface area contributed by atoms with Crippen molar-refractivity contribution in [3.05, 3.63) is 35.4 Å². The molecule has 2 amide bonds. The van der Waals surface area contributed by atoms with Crippen LogP contribution < -0.4 is 10.6 Å². The predicted octanol–water partition coefficient (Wildman–Crippen LogP) is 1.29. The van der Waals surface area contributed by atoms with Crippen LogP contribution in [0.4, 0.5) is 0 Å². The molecule has 7 nitrogen and oxygen atoms in total. The van der Waals surface area contributed by atoms with Crippen LogP contribution >= 0.6 is 0 Å². The van der Waals surface area contributed by atoms with Crippen molar-refractivity contribution in [1.29, 1.82) is 0 Å². The molecule has 1 aromatic rings. The Hall–Kier alpha value is -2.41. The summed E-state index contributed by atoms with van der Waals surface area (Å²) in [4.78, 5) is 29.7. The Bertz CT molecular complexity index is 681. The third kappa shape index (κ3) is 4.60. The number of oxime groups is 1. The zero-order valence-electron chi connectivity index (χ0n) is 15.2. The van der Waals surface area contributed by atoms with Gasteiger partial charge in [-0.1, -0.05) is 35.0 Å². The van der Waals surface area contributed by atoms with Gasteiger partial charge in [-0.3, -0.25) is 9.59 Å². The minimum absolute atomic E-state index is 0.0745. The third-order valence-electron chi connectivity index (χ3n) is 4.63. The fourth-order valence-corrected chi connectivity index (χ4v) is 2.98. The highest BCUT2D eigenvalue weighted by Gasteiger charge is 2.30. The van der Waals surface area contributed by atoms with Crippen molar-refractivity contribution in [2.75, 3.05) is 13.2 Å². The number of nitrogens with one attached hydrogen (secondary N) is 2. The molecule has 1 saturated heterocycles. The van der Waals surface area contributed by atoms with Crippen LogP contribution in [0.2, 0.25) is 0 Å². The van der Waals surface area contributed by atoms with Gasteiger partial charge in [-0.15, -0.1) is 0 Å². The second-order valence-corrected chi connectivity index (χ2v) is 6.81. The summed E-state index contributed by atoms with van der Waals surface area (Å²) < 4.78 is 5.47. The van der Waals surface area contributed by atoms with Crippen molar-refractivity contribution in [1.82, 2.24) is 10.6 Å². The number of nitrogens with zero attached hydrogens (tertiary/aromatic N) is 1. The molecule has 0 spiro atoms. The highest BCUT2D eigenvalue weighted by atomic mass is 16.6. The number of ether oxygens (including phenoxy) is 1. The lowest BCUT2D eigenvalue weighted by molar-refractivity contribution is -0.135. The second kappa shape index (κ2) is 8.31. The average molecular weight is 359 g/mol. The molecule has 1 fully saturated rings. The van der Waals surface area contributed by atoms with Crippen molar-refractivity contribution in [3.8, 4) is 0 Å². The molecular formula is C19H25N3O4. The molecule has 0 radical (unpaired) electrons. The Kier molecular flexibility index (Phi) is 5.88. The summed E-state index contributed by atoms with van der Waals surface area (Å²) >= 11 is 0. The molecule has 0 aromatic heterocycles. The largest absolute Gasteiger partial charge is 0.382 e. The number of benzene rings is 1. The van der Waals surface area contributed by atoms with Crippen LogP contribution in [0.3, 0.4) is 0 Å². The van der Waals surface area contributed by atoms with Crippen LogP contribution in [0.15, 0.2) is 29.4 Å². The lowest BCUT2D eigenvalue weighted by Crippen LogP contribution is -2.49. The first-order valence-electron chi connectivity index (χ1n) is 9.02. The van der Waals surface area contributed by atoms with E-state index in [1.807, 2.05) is 31.2 Å². The van der Waals surface area contributed by atoms with Gasteiger partial charge < -0.3 is 20.2 Å². The van der Waals surface area contributed by atoms with Gasteiger partial charge in [0.15, 0.2) is 0 Å². The van der Waals surface area contributed by atoms with E-state index in [9.17, 15) is 9.59 Å². The summed E-state index contributed by atoms with van der Waals surface area (Å²) in [5.41, 5.74) is 2.83. The Balaban J connectivity index is 1.44. The van der Waals surface area contributed by atoms with Crippen LogP contribution in [0.1, 0.15) is 37.3 Å². The molecule has 1 aromatic carbocycles. The quantitative estimate of drug-likeness (QED) is 0.801. The number of hydrogen-bond donors (Lipinski definition) is 2. The average Bonchev–Trinajstić information content (AvgIpc) is 3.32. The molecule has 3 atom stereocenters. The van der Waals surface area contributed by atoms with E-state index < -0.39 is 12.1 Å². The van der Waals surface area contributed by atoms with Crippen LogP contribution in [-0.4, -0.2) is 48.9 Å². The lowest BCUT2D eigenvalue weighted by atomic mass is 10.0. The third-order valence-corrected chi connectivity index (χ3v) is 4.63. The second-order valence-electron chi connectivity index (χ2n) is 6.81. The van der Waals surface area contributed by atoms with Crippen molar-refractivity contribution in [2.45, 2.75) is 51.4 Å². The molecule has 2 aliphatic rings. The minimum atomic E-state index is -0.709. The van der Waals surface area contributed by atoms with Gasteiger partial charge in [-0.25, -0.2) is 0 Å². The zero-order chi connectivity index (χ0) is 18.5. The van der Waals surface area contributed by atoms with Crippen molar-refractivity contribution in [2.24, 2.45) is 5.16 Å². The van der Waals surface area contributed by atoms with E-state index in [4.69, 9.17) is 9.57 Å². The van der Waals surface area contributed by atoms with E-state index in [0.717, 1.165) is 36.3 Å². The van der Waals surface area contributed by atoms with E-state index >= 15 is 0 Å². The van der Waals surface area contributed by atoms with Crippen LogP contribution in [0.25, 0.3) is 0 Å². The maximum atomic E-state index is 12.3. The summed E-state index contributed by atoms with van der Waals surface area (Å²) in [5, 5.41) is 9.52. The van der Waals surface area contributed by atoms with Crippen molar-refractivity contribution in [3.63, 3.8) is 0 Å². The van der Waals surface area contributed by atoms with Gasteiger partial charge in [-0.2, -0.15) is 0 Å². The fraction of sp³-hybridized carbons (Fsp3) is 0.526. The first-order chi connectivity index (χ1) is 12.5. The Labute approximate surface area is 153 Å². The molecule has 0 saturated carbocycles. The minimum Gasteiger partial charge on any atom is -0.382 e. The van der Waals surface area contributed by atoms with Crippen molar-refractivity contribution < 1.29 is 19.2 Å². The van der Waals surface area contributed by atoms with Gasteiger partial charge in [0.05, 0.1) is 11.8 Å². The van der Waals surface area contributed by atoms with Crippen LogP contribution in [0, 0.1) is 6.92 Å². The monoisotopic (exact) mass is 359 g/mol. The SMILES string of the molecule is Cc1ccc(C2=NO[C@@H](C(=O)N[C@@H](C)C(=O)NC[C@@H]3CCCO3)C2)cc1. The van der Waals surface area contributed by atoms with E-state index in [-0.39, 0.29) is 17.9 Å². The first-order valence-corrected chi connectivity index (χ1v) is 9.02. The first kappa shape index (κ1) is 18.4. The summed E-state index contributed by atoms with van der Waals surface area (Å²) in [7, 11) is 0. The van der Waals surface area contributed by atoms with E-state index in [0.29, 0.717) is 13.0 Å². The van der Waals surface area contributed by atoms with E-state index in [1.54, 1.807) is 6.92 Å². The zero-order valence-corrected chi connectivity index (χ0v) is 15.2. The van der Waals surface area contributed by atoms with Gasteiger partial charge in [-0.05, 0) is 32.3 Å². The number of rotatable bonds is 6. The van der Waals surface area contributed by atoms with Gasteiger partial charge >= 0.3 is 0 Å². The number of amides is 2. The number of hydrogen-bond acceptors (Lipinski definition) is 5. The number of carbonyl (C=O) groups is 2. The van der Waals surface area contributed by atoms with Gasteiger partial charge in [0.2, 0.25) is 12.0 Å². The van der Waals surface area contributed by atoms with Crippen LogP contribution in [-0.2, 0) is 19.2 Å². The molecule has 26 heavy (non-hydrogen) atoms. The molecular weight excluding hydrogens is 334 g/mol. The van der Waals surface area contributed by atoms with Gasteiger partial charge in [0, 0.05) is 19.6 Å². The lowest BCUT2D eigenvalue weighted by Gasteiger charge is -2.17. The highest BCUT2D eigenvalue weighted by Crippen LogP contribution is 2.17. The van der Waals surface area contributed by atoms with Gasteiger partial charge in [0.1, 0.15) is 6.04 Å². The topological polar surface area (TPSA) is 89.0 Å². The molecule has 140 valence electrons. The molecule has 2 heterocycles.